The lowest BCUT2D eigenvalue weighted by Gasteiger charge is -2.35. The Bertz CT molecular complexity index is 92.6. The Labute approximate surface area is 74.5 Å². The highest BCUT2D eigenvalue weighted by molar-refractivity contribution is 5.85. The molecule has 70 valence electrons. The van der Waals surface area contributed by atoms with E-state index < -0.39 is 5.79 Å². The maximum Gasteiger partial charge on any atom is 0.133 e. The molecule has 0 rings (SSSR count). The number of nitrogens with two attached hydrogens (primary N) is 3. The molecule has 5 heteroatoms. The quantitative estimate of drug-likeness (QED) is 0.502. The van der Waals surface area contributed by atoms with Crippen molar-refractivity contribution in [2.75, 3.05) is 19.6 Å². The van der Waals surface area contributed by atoms with E-state index in [1.54, 1.807) is 0 Å². The molecule has 0 aliphatic carbocycles. The zero-order valence-corrected chi connectivity index (χ0v) is 8.03. The van der Waals surface area contributed by atoms with E-state index in [-0.39, 0.29) is 19.0 Å². The van der Waals surface area contributed by atoms with Crippen LogP contribution in [0, 0.1) is 0 Å². The monoisotopic (exact) mass is 182 g/mol. The highest BCUT2D eigenvalue weighted by atomic mass is 35.5. The van der Waals surface area contributed by atoms with Gasteiger partial charge in [0.1, 0.15) is 5.79 Å². The second-order valence-corrected chi connectivity index (χ2v) is 2.37. The van der Waals surface area contributed by atoms with E-state index >= 15 is 0 Å². The van der Waals surface area contributed by atoms with Crippen molar-refractivity contribution < 1.29 is 0 Å². The fourth-order valence-corrected chi connectivity index (χ4v) is 0.941. The third-order valence-electron chi connectivity index (χ3n) is 1.68. The van der Waals surface area contributed by atoms with Gasteiger partial charge in [-0.3, -0.25) is 16.4 Å². The van der Waals surface area contributed by atoms with E-state index in [4.69, 9.17) is 17.2 Å². The Hall–Kier alpha value is 0.130. The number of hydrogen-bond acceptors (Lipinski definition) is 4. The Balaban J connectivity index is 0. The molecule has 0 aliphatic rings. The maximum atomic E-state index is 5.66. The average molecular weight is 183 g/mol. The molecule has 0 saturated carbocycles. The number of halogens is 1. The molecule has 0 radical (unpaired) electrons. The van der Waals surface area contributed by atoms with Crippen LogP contribution in [0.3, 0.4) is 0 Å². The summed E-state index contributed by atoms with van der Waals surface area (Å²) in [5.41, 5.74) is 16.7. The van der Waals surface area contributed by atoms with E-state index in [9.17, 15) is 0 Å². The summed E-state index contributed by atoms with van der Waals surface area (Å²) in [6, 6.07) is 0. The fraction of sp³-hybridized carbons (Fsp3) is 1.00. The minimum Gasteiger partial charge on any atom is -0.326 e. The van der Waals surface area contributed by atoms with Crippen LogP contribution in [0.1, 0.15) is 13.8 Å². The van der Waals surface area contributed by atoms with E-state index in [0.29, 0.717) is 0 Å². The highest BCUT2D eigenvalue weighted by Gasteiger charge is 2.22. The van der Waals surface area contributed by atoms with Gasteiger partial charge < -0.3 is 5.73 Å². The van der Waals surface area contributed by atoms with E-state index in [0.717, 1.165) is 13.1 Å². The zero-order valence-electron chi connectivity index (χ0n) is 7.21. The highest BCUT2D eigenvalue weighted by Crippen LogP contribution is 1.97. The first-order valence-electron chi connectivity index (χ1n) is 3.61. The summed E-state index contributed by atoms with van der Waals surface area (Å²) in [5, 5.41) is 0. The van der Waals surface area contributed by atoms with Crippen LogP contribution in [0.5, 0.6) is 0 Å². The first kappa shape index (κ1) is 13.7. The Morgan fingerprint density at radius 3 is 1.64 bits per heavy atom. The first-order valence-corrected chi connectivity index (χ1v) is 3.61. The molecule has 0 aromatic carbocycles. The molecule has 0 fully saturated rings. The van der Waals surface area contributed by atoms with Gasteiger partial charge in [-0.15, -0.1) is 12.4 Å². The number of likely N-dealkylation sites (N-methyl/N-ethyl adjacent to an activating group) is 1. The second kappa shape index (κ2) is 5.74. The van der Waals surface area contributed by atoms with Crippen molar-refractivity contribution in [2.24, 2.45) is 17.2 Å². The van der Waals surface area contributed by atoms with Crippen LogP contribution in [0.4, 0.5) is 0 Å². The molecule has 0 atom stereocenters. The standard InChI is InChI=1S/C6H18N4.ClH/c1-3-10(4-2)6(8,9)5-7;/h3-5,7-9H2,1-2H3;1H. The van der Waals surface area contributed by atoms with Crippen LogP contribution in [-0.4, -0.2) is 30.3 Å². The number of nitrogens with zero attached hydrogens (tertiary/aromatic N) is 1. The summed E-state index contributed by atoms with van der Waals surface area (Å²) >= 11 is 0. The van der Waals surface area contributed by atoms with Crippen molar-refractivity contribution in [3.63, 3.8) is 0 Å². The smallest absolute Gasteiger partial charge is 0.133 e. The summed E-state index contributed by atoms with van der Waals surface area (Å²) < 4.78 is 0. The molecule has 0 heterocycles. The first-order chi connectivity index (χ1) is 4.58. The molecule has 0 unspecified atom stereocenters. The van der Waals surface area contributed by atoms with Crippen molar-refractivity contribution in [3.05, 3.63) is 0 Å². The van der Waals surface area contributed by atoms with Crippen molar-refractivity contribution >= 4 is 12.4 Å². The topological polar surface area (TPSA) is 81.3 Å². The molecule has 0 amide bonds. The minimum atomic E-state index is -0.830. The Morgan fingerprint density at radius 2 is 1.55 bits per heavy atom. The molecule has 0 aliphatic heterocycles. The van der Waals surface area contributed by atoms with E-state index in [1.807, 2.05) is 18.7 Å². The van der Waals surface area contributed by atoms with Gasteiger partial charge in [-0.05, 0) is 13.1 Å². The van der Waals surface area contributed by atoms with E-state index in [1.165, 1.54) is 0 Å². The molecule has 4 nitrogen and oxygen atoms in total. The molecular weight excluding hydrogens is 164 g/mol. The lowest BCUT2D eigenvalue weighted by atomic mass is 10.3. The second-order valence-electron chi connectivity index (χ2n) is 2.37. The molecule has 6 N–H and O–H groups in total. The zero-order chi connectivity index (χ0) is 8.20. The maximum absolute atomic E-state index is 5.66. The van der Waals surface area contributed by atoms with Crippen LogP contribution >= 0.6 is 12.4 Å². The Kier molecular flexibility index (Phi) is 7.15. The lowest BCUT2D eigenvalue weighted by Crippen LogP contribution is -2.67. The predicted octanol–water partition coefficient (Wildman–Crippen LogP) is -0.720. The summed E-state index contributed by atoms with van der Waals surface area (Å²) in [6.07, 6.45) is 0. The molecule has 0 aromatic rings. The summed E-state index contributed by atoms with van der Waals surface area (Å²) in [5.74, 6) is -0.830. The number of rotatable bonds is 4. The molecule has 0 aromatic heterocycles. The van der Waals surface area contributed by atoms with Crippen LogP contribution in [-0.2, 0) is 0 Å². The average Bonchev–Trinajstić information content (AvgIpc) is 1.90. The van der Waals surface area contributed by atoms with Gasteiger partial charge >= 0.3 is 0 Å². The van der Waals surface area contributed by atoms with Crippen LogP contribution in [0.15, 0.2) is 0 Å². The van der Waals surface area contributed by atoms with Gasteiger partial charge in [0.05, 0.1) is 0 Å². The van der Waals surface area contributed by atoms with Gasteiger partial charge in [-0.2, -0.15) is 0 Å². The third-order valence-corrected chi connectivity index (χ3v) is 1.68. The summed E-state index contributed by atoms with van der Waals surface area (Å²) in [4.78, 5) is 1.92. The van der Waals surface area contributed by atoms with E-state index in [2.05, 4.69) is 0 Å². The van der Waals surface area contributed by atoms with Gasteiger partial charge in [0, 0.05) is 6.54 Å². The Morgan fingerprint density at radius 1 is 1.18 bits per heavy atom. The summed E-state index contributed by atoms with van der Waals surface area (Å²) in [7, 11) is 0. The van der Waals surface area contributed by atoms with Gasteiger partial charge in [0.15, 0.2) is 0 Å². The molecular formula is C6H19ClN4. The molecule has 11 heavy (non-hydrogen) atoms. The van der Waals surface area contributed by atoms with Crippen LogP contribution in [0.2, 0.25) is 0 Å². The van der Waals surface area contributed by atoms with Crippen molar-refractivity contribution in [3.8, 4) is 0 Å². The lowest BCUT2D eigenvalue weighted by molar-refractivity contribution is 0.119. The van der Waals surface area contributed by atoms with Gasteiger partial charge in [-0.25, -0.2) is 0 Å². The largest absolute Gasteiger partial charge is 0.326 e. The number of hydrogen-bond donors (Lipinski definition) is 3. The van der Waals surface area contributed by atoms with Crippen molar-refractivity contribution in [2.45, 2.75) is 19.6 Å². The third kappa shape index (κ3) is 3.88. The fourth-order valence-electron chi connectivity index (χ4n) is 0.941. The van der Waals surface area contributed by atoms with Gasteiger partial charge in [0.2, 0.25) is 0 Å². The molecule has 0 spiro atoms. The van der Waals surface area contributed by atoms with Gasteiger partial charge in [0.25, 0.3) is 0 Å². The normalized spacial score (nSPS) is 11.5. The molecule has 0 bridgehead atoms. The minimum absolute atomic E-state index is 0. The molecule has 0 saturated heterocycles. The van der Waals surface area contributed by atoms with Gasteiger partial charge in [-0.1, -0.05) is 13.8 Å². The van der Waals surface area contributed by atoms with Crippen LogP contribution < -0.4 is 17.2 Å². The van der Waals surface area contributed by atoms with Crippen molar-refractivity contribution in [1.82, 2.24) is 4.90 Å². The summed E-state index contributed by atoms with van der Waals surface area (Å²) in [6.45, 7) is 5.97. The van der Waals surface area contributed by atoms with Crippen molar-refractivity contribution in [1.29, 1.82) is 0 Å². The SMILES string of the molecule is CCN(CC)C(N)(N)CN.Cl. The predicted molar refractivity (Wildman–Crippen MR) is 50.3 cm³/mol. The van der Waals surface area contributed by atoms with Crippen LogP contribution in [0.25, 0.3) is 0 Å².